The number of guanidine groups is 1. The molecule has 1 aromatic carbocycles. The summed E-state index contributed by atoms with van der Waals surface area (Å²) < 4.78 is 0. The van der Waals surface area contributed by atoms with Gasteiger partial charge in [-0.25, -0.2) is 4.99 Å². The van der Waals surface area contributed by atoms with Gasteiger partial charge in [0.2, 0.25) is 11.7 Å². The molecule has 0 aromatic heterocycles. The van der Waals surface area contributed by atoms with Crippen LogP contribution in [0.5, 0.6) is 0 Å². The first-order valence-corrected chi connectivity index (χ1v) is 7.32. The van der Waals surface area contributed by atoms with Crippen LogP contribution in [-0.4, -0.2) is 19.0 Å². The zero-order chi connectivity index (χ0) is 15.0. The van der Waals surface area contributed by atoms with E-state index in [0.717, 1.165) is 30.6 Å². The van der Waals surface area contributed by atoms with Crippen LogP contribution in [0.25, 0.3) is 5.57 Å². The first-order chi connectivity index (χ1) is 9.99. The Labute approximate surface area is 132 Å². The number of nitrogens with zero attached hydrogens (tertiary/aromatic N) is 1. The second kappa shape index (κ2) is 5.47. The van der Waals surface area contributed by atoms with Gasteiger partial charge in [0.15, 0.2) is 0 Å². The fraction of sp³-hybridized carbons (Fsp3) is 0.308. The number of hydrogen-bond acceptors (Lipinski definition) is 6. The standard InChI is InChI=1S/C13H16Cl2N6/c14-9-5-8(13(17)19-12(16)20-21-13)6-10(15)11(9)7-1-3-18-4-2-7/h1,5-6,18,21H,2-4,17H2,(H3,16,19,20). The van der Waals surface area contributed by atoms with Crippen molar-refractivity contribution < 1.29 is 0 Å². The second-order valence-corrected chi connectivity index (χ2v) is 5.83. The first-order valence-electron chi connectivity index (χ1n) is 6.56. The van der Waals surface area contributed by atoms with Crippen LogP contribution in [-0.2, 0) is 5.79 Å². The molecule has 112 valence electrons. The number of hydrazine groups is 1. The maximum absolute atomic E-state index is 6.42. The van der Waals surface area contributed by atoms with Crippen molar-refractivity contribution in [2.24, 2.45) is 16.5 Å². The SMILES string of the molecule is NC1=NC(N)(c2cc(Cl)c(C3=CCNCC3)c(Cl)c2)NN1. The second-order valence-electron chi connectivity index (χ2n) is 5.01. The van der Waals surface area contributed by atoms with Crippen molar-refractivity contribution in [3.63, 3.8) is 0 Å². The molecule has 8 heteroatoms. The lowest BCUT2D eigenvalue weighted by Gasteiger charge is -2.23. The van der Waals surface area contributed by atoms with Gasteiger partial charge in [-0.1, -0.05) is 29.3 Å². The Morgan fingerprint density at radius 3 is 2.48 bits per heavy atom. The number of hydrogen-bond donors (Lipinski definition) is 5. The zero-order valence-corrected chi connectivity index (χ0v) is 12.7. The summed E-state index contributed by atoms with van der Waals surface area (Å²) in [5.74, 6) is -0.951. The van der Waals surface area contributed by atoms with E-state index in [4.69, 9.17) is 34.7 Å². The summed E-state index contributed by atoms with van der Waals surface area (Å²) in [5.41, 5.74) is 19.9. The predicted octanol–water partition coefficient (Wildman–Crippen LogP) is 0.862. The third-order valence-electron chi connectivity index (χ3n) is 3.55. The molecule has 0 spiro atoms. The van der Waals surface area contributed by atoms with E-state index in [9.17, 15) is 0 Å². The van der Waals surface area contributed by atoms with Gasteiger partial charge in [0.05, 0.1) is 10.0 Å². The summed E-state index contributed by atoms with van der Waals surface area (Å²) in [5, 5.41) is 4.37. The number of rotatable bonds is 2. The fourth-order valence-electron chi connectivity index (χ4n) is 2.49. The van der Waals surface area contributed by atoms with Crippen LogP contribution in [0.1, 0.15) is 17.5 Å². The molecule has 1 unspecified atom stereocenters. The smallest absolute Gasteiger partial charge is 0.209 e. The van der Waals surface area contributed by atoms with Crippen molar-refractivity contribution in [2.45, 2.75) is 12.2 Å². The third kappa shape index (κ3) is 2.73. The predicted molar refractivity (Wildman–Crippen MR) is 85.7 cm³/mol. The lowest BCUT2D eigenvalue weighted by Crippen LogP contribution is -2.50. The molecular weight excluding hydrogens is 311 g/mol. The number of halogens is 2. The normalized spacial score (nSPS) is 25.3. The van der Waals surface area contributed by atoms with E-state index >= 15 is 0 Å². The van der Waals surface area contributed by atoms with E-state index in [0.29, 0.717) is 15.6 Å². The van der Waals surface area contributed by atoms with E-state index in [1.807, 2.05) is 0 Å². The highest BCUT2D eigenvalue weighted by Crippen LogP contribution is 2.36. The molecular formula is C13H16Cl2N6. The Kier molecular flexibility index (Phi) is 3.81. The summed E-state index contributed by atoms with van der Waals surface area (Å²) in [7, 11) is 0. The molecule has 21 heavy (non-hydrogen) atoms. The van der Waals surface area contributed by atoms with Crippen molar-refractivity contribution in [3.05, 3.63) is 39.4 Å². The molecule has 3 rings (SSSR count). The molecule has 0 saturated heterocycles. The van der Waals surface area contributed by atoms with E-state index in [-0.39, 0.29) is 5.96 Å². The minimum absolute atomic E-state index is 0.217. The Bertz CT molecular complexity index is 619. The number of nitrogens with one attached hydrogen (secondary N) is 3. The van der Waals surface area contributed by atoms with Gasteiger partial charge < -0.3 is 11.1 Å². The highest BCUT2D eigenvalue weighted by molar-refractivity contribution is 6.37. The summed E-state index contributed by atoms with van der Waals surface area (Å²) in [6.07, 6.45) is 2.98. The van der Waals surface area contributed by atoms with E-state index in [2.05, 4.69) is 27.2 Å². The van der Waals surface area contributed by atoms with E-state index < -0.39 is 5.79 Å². The van der Waals surface area contributed by atoms with Crippen LogP contribution in [0, 0.1) is 0 Å². The lowest BCUT2D eigenvalue weighted by molar-refractivity contribution is 0.375. The van der Waals surface area contributed by atoms with Crippen molar-refractivity contribution >= 4 is 34.7 Å². The van der Waals surface area contributed by atoms with Gasteiger partial charge in [-0.2, -0.15) is 5.43 Å². The lowest BCUT2D eigenvalue weighted by atomic mass is 9.97. The molecule has 7 N–H and O–H groups in total. The maximum Gasteiger partial charge on any atom is 0.209 e. The topological polar surface area (TPSA) is 100 Å². The van der Waals surface area contributed by atoms with Gasteiger partial charge in [0.1, 0.15) is 0 Å². The summed E-state index contributed by atoms with van der Waals surface area (Å²) in [4.78, 5) is 4.12. The molecule has 0 amide bonds. The largest absolute Gasteiger partial charge is 0.369 e. The van der Waals surface area contributed by atoms with Crippen LogP contribution < -0.4 is 27.6 Å². The van der Waals surface area contributed by atoms with E-state index in [1.165, 1.54) is 0 Å². The van der Waals surface area contributed by atoms with Gasteiger partial charge in [-0.3, -0.25) is 11.2 Å². The average molecular weight is 327 g/mol. The Balaban J connectivity index is 2.02. The van der Waals surface area contributed by atoms with Crippen molar-refractivity contribution in [1.29, 1.82) is 0 Å². The molecule has 0 radical (unpaired) electrons. The molecule has 0 bridgehead atoms. The van der Waals surface area contributed by atoms with Gasteiger partial charge in [0.25, 0.3) is 0 Å². The van der Waals surface area contributed by atoms with Crippen LogP contribution in [0.3, 0.4) is 0 Å². The quantitative estimate of drug-likeness (QED) is 0.555. The Hall–Kier alpha value is -1.31. The molecule has 2 heterocycles. The molecule has 1 aromatic rings. The van der Waals surface area contributed by atoms with Gasteiger partial charge in [-0.15, -0.1) is 0 Å². The Morgan fingerprint density at radius 1 is 1.24 bits per heavy atom. The van der Waals surface area contributed by atoms with Crippen molar-refractivity contribution in [2.75, 3.05) is 13.1 Å². The van der Waals surface area contributed by atoms with Crippen LogP contribution in [0.15, 0.2) is 23.2 Å². The van der Waals surface area contributed by atoms with Crippen molar-refractivity contribution in [1.82, 2.24) is 16.2 Å². The summed E-state index contributed by atoms with van der Waals surface area (Å²) >= 11 is 12.8. The van der Waals surface area contributed by atoms with Crippen LogP contribution in [0.4, 0.5) is 0 Å². The van der Waals surface area contributed by atoms with Crippen LogP contribution >= 0.6 is 23.2 Å². The average Bonchev–Trinajstić information content (AvgIpc) is 2.80. The molecule has 1 atom stereocenters. The Morgan fingerprint density at radius 2 is 1.95 bits per heavy atom. The molecule has 0 saturated carbocycles. The van der Waals surface area contributed by atoms with Crippen molar-refractivity contribution in [3.8, 4) is 0 Å². The number of nitrogens with two attached hydrogens (primary N) is 2. The number of benzene rings is 1. The highest BCUT2D eigenvalue weighted by Gasteiger charge is 2.33. The van der Waals surface area contributed by atoms with Gasteiger partial charge >= 0.3 is 0 Å². The minimum atomic E-state index is -1.17. The number of aliphatic imine (C=N–C) groups is 1. The fourth-order valence-corrected chi connectivity index (χ4v) is 3.22. The van der Waals surface area contributed by atoms with Crippen LogP contribution in [0.2, 0.25) is 10.0 Å². The third-order valence-corrected chi connectivity index (χ3v) is 4.14. The molecule has 2 aliphatic heterocycles. The van der Waals surface area contributed by atoms with E-state index in [1.54, 1.807) is 12.1 Å². The monoisotopic (exact) mass is 326 g/mol. The zero-order valence-electron chi connectivity index (χ0n) is 11.2. The highest BCUT2D eigenvalue weighted by atomic mass is 35.5. The minimum Gasteiger partial charge on any atom is -0.369 e. The molecule has 0 aliphatic carbocycles. The molecule has 6 nitrogen and oxygen atoms in total. The first kappa shape index (κ1) is 14.6. The summed E-state index contributed by atoms with van der Waals surface area (Å²) in [6.45, 7) is 1.73. The summed E-state index contributed by atoms with van der Waals surface area (Å²) in [6, 6.07) is 3.53. The molecule has 0 fully saturated rings. The maximum atomic E-state index is 6.42. The van der Waals surface area contributed by atoms with Gasteiger partial charge in [-0.05, 0) is 30.7 Å². The molecule has 2 aliphatic rings. The van der Waals surface area contributed by atoms with Gasteiger partial charge in [0, 0.05) is 17.7 Å².